The lowest BCUT2D eigenvalue weighted by Gasteiger charge is -2.30. The largest absolute Gasteiger partial charge is 0.403 e. The first-order valence-corrected chi connectivity index (χ1v) is 26.4. The number of nitrogens with one attached hydrogen (secondary N) is 9. The van der Waals surface area contributed by atoms with Gasteiger partial charge in [-0.15, -0.1) is 0 Å². The van der Waals surface area contributed by atoms with Gasteiger partial charge in [-0.25, -0.2) is 0 Å². The second-order valence-corrected chi connectivity index (χ2v) is 18.5. The average molecular weight is 1110 g/mol. The van der Waals surface area contributed by atoms with Gasteiger partial charge in [0.2, 0.25) is 47.3 Å². The Balaban J connectivity index is 3.37. The second-order valence-electron chi connectivity index (χ2n) is 18.5. The van der Waals surface area contributed by atoms with E-state index in [2.05, 4.69) is 59.4 Å². The Morgan fingerprint density at radius 3 is 1.94 bits per heavy atom. The number of aliphatic hydroxyl groups is 1. The average Bonchev–Trinajstić information content (AvgIpc) is 3.92. The number of aliphatic hydroxyl groups excluding tert-OH is 1. The maximum atomic E-state index is 14.3. The van der Waals surface area contributed by atoms with E-state index in [4.69, 9.17) is 51.6 Å². The summed E-state index contributed by atoms with van der Waals surface area (Å²) < 4.78 is 0. The van der Waals surface area contributed by atoms with E-state index in [1.807, 2.05) is 0 Å². The van der Waals surface area contributed by atoms with Crippen LogP contribution in [0.15, 0.2) is 41.4 Å². The summed E-state index contributed by atoms with van der Waals surface area (Å²) in [6.45, 7) is 4.12. The third-order valence-electron chi connectivity index (χ3n) is 12.3. The Morgan fingerprint density at radius 1 is 0.731 bits per heavy atom. The Hall–Kier alpha value is -6.96. The van der Waals surface area contributed by atoms with Crippen LogP contribution in [0.1, 0.15) is 96.3 Å². The molecule has 1 saturated heterocycles. The molecule has 0 radical (unpaired) electrons. The highest BCUT2D eigenvalue weighted by Gasteiger charge is 2.40. The topological polar surface area (TPSA) is 532 Å². The second kappa shape index (κ2) is 39.4. The summed E-state index contributed by atoms with van der Waals surface area (Å²) in [5.41, 5.74) is 50.8. The fourth-order valence-electron chi connectivity index (χ4n) is 8.04. The highest BCUT2D eigenvalue weighted by molar-refractivity contribution is 6.00. The third kappa shape index (κ3) is 26.4. The lowest BCUT2D eigenvalue weighted by atomic mass is 10.0. The van der Waals surface area contributed by atoms with E-state index in [9.17, 15) is 48.3 Å². The van der Waals surface area contributed by atoms with Crippen molar-refractivity contribution in [1.82, 2.24) is 52.8 Å². The quantitative estimate of drug-likeness (QED) is 0.0117. The molecule has 78 heavy (non-hydrogen) atoms. The van der Waals surface area contributed by atoms with Crippen molar-refractivity contribution in [3.05, 3.63) is 36.4 Å². The number of likely N-dealkylation sites (tertiary alicyclic amines) is 1. The first-order chi connectivity index (χ1) is 37.2. The van der Waals surface area contributed by atoms with Gasteiger partial charge in [0.25, 0.3) is 5.91 Å². The van der Waals surface area contributed by atoms with Crippen LogP contribution in [-0.4, -0.2) is 177 Å². The lowest BCUT2D eigenvalue weighted by molar-refractivity contribution is -0.142. The van der Waals surface area contributed by atoms with Gasteiger partial charge in [-0.1, -0.05) is 19.1 Å². The number of hydrogen-bond acceptors (Lipinski definition) is 19. The van der Waals surface area contributed by atoms with Crippen molar-refractivity contribution in [1.29, 1.82) is 0 Å². The third-order valence-corrected chi connectivity index (χ3v) is 12.3. The molecule has 9 amide bonds. The molecule has 30 heteroatoms. The molecule has 1 fully saturated rings. The summed E-state index contributed by atoms with van der Waals surface area (Å²) in [5.74, 6) is -7.40. The van der Waals surface area contributed by atoms with Crippen LogP contribution in [0.25, 0.3) is 0 Å². The van der Waals surface area contributed by atoms with Crippen LogP contribution in [0, 0.1) is 0 Å². The molecule has 442 valence electrons. The molecule has 0 aromatic carbocycles. The first-order valence-electron chi connectivity index (χ1n) is 26.4. The number of carbonyl (C=O) groups is 9. The molecule has 0 spiro atoms. The van der Waals surface area contributed by atoms with E-state index in [1.54, 1.807) is 7.05 Å². The summed E-state index contributed by atoms with van der Waals surface area (Å²) in [5, 5.41) is 34.3. The maximum Gasteiger partial charge on any atom is 0.264 e. The fraction of sp³-hybridized carbons (Fsp3) is 0.667. The summed E-state index contributed by atoms with van der Waals surface area (Å²) in [4.78, 5) is 128. The number of amides is 9. The minimum absolute atomic E-state index is 0.0384. The van der Waals surface area contributed by atoms with Crippen molar-refractivity contribution in [2.75, 3.05) is 59.4 Å². The predicted octanol–water partition coefficient (Wildman–Crippen LogP) is -7.38. The lowest BCUT2D eigenvalue weighted by Crippen LogP contribution is -2.61. The van der Waals surface area contributed by atoms with Gasteiger partial charge in [0.05, 0.1) is 18.7 Å². The number of aliphatic imine (C=N–C) groups is 1. The van der Waals surface area contributed by atoms with Gasteiger partial charge in [-0.3, -0.25) is 48.1 Å². The van der Waals surface area contributed by atoms with E-state index in [0.717, 1.165) is 6.20 Å². The first kappa shape index (κ1) is 69.1. The van der Waals surface area contributed by atoms with Crippen LogP contribution < -0.4 is 99.5 Å². The number of rotatable bonds is 41. The van der Waals surface area contributed by atoms with Crippen molar-refractivity contribution in [3.8, 4) is 0 Å². The summed E-state index contributed by atoms with van der Waals surface area (Å²) in [6.07, 6.45) is 6.41. The zero-order valence-corrected chi connectivity index (χ0v) is 45.0. The van der Waals surface area contributed by atoms with E-state index in [-0.39, 0.29) is 94.9 Å². The van der Waals surface area contributed by atoms with E-state index >= 15 is 0 Å². The van der Waals surface area contributed by atoms with Gasteiger partial charge in [-0.05, 0) is 123 Å². The molecule has 0 aromatic rings. The number of carbonyl (C=O) groups excluding carboxylic acids is 9. The molecule has 1 rings (SSSR count). The highest BCUT2D eigenvalue weighted by atomic mass is 16.3. The number of nitrogens with two attached hydrogens (primary N) is 9. The molecular weight excluding hydrogens is 1020 g/mol. The van der Waals surface area contributed by atoms with Crippen LogP contribution >= 0.6 is 0 Å². The number of unbranched alkanes of at least 4 members (excludes halogenated alkanes) is 3. The molecule has 3 unspecified atom stereocenters. The van der Waals surface area contributed by atoms with Gasteiger partial charge in [-0.2, -0.15) is 0 Å². The van der Waals surface area contributed by atoms with Crippen molar-refractivity contribution in [2.45, 2.75) is 145 Å². The summed E-state index contributed by atoms with van der Waals surface area (Å²) >= 11 is 0. The van der Waals surface area contributed by atoms with Crippen molar-refractivity contribution in [3.63, 3.8) is 0 Å². The zero-order valence-electron chi connectivity index (χ0n) is 45.0. The highest BCUT2D eigenvalue weighted by Crippen LogP contribution is 2.21. The molecular formula is C48H90N20O10. The van der Waals surface area contributed by atoms with Crippen LogP contribution in [0.3, 0.4) is 0 Å². The minimum atomic E-state index is -1.58. The van der Waals surface area contributed by atoms with Crippen LogP contribution in [0.5, 0.6) is 0 Å². The van der Waals surface area contributed by atoms with E-state index in [0.29, 0.717) is 58.0 Å². The van der Waals surface area contributed by atoms with E-state index < -0.39 is 115 Å². The molecule has 1 aliphatic heterocycles. The molecule has 8 atom stereocenters. The van der Waals surface area contributed by atoms with E-state index in [1.165, 1.54) is 17.2 Å². The van der Waals surface area contributed by atoms with Crippen molar-refractivity contribution in [2.24, 2.45) is 56.6 Å². The number of primary amides is 1. The molecule has 0 aromatic heterocycles. The molecule has 28 N–H and O–H groups in total. The molecule has 1 heterocycles. The minimum Gasteiger partial charge on any atom is -0.403 e. The smallest absolute Gasteiger partial charge is 0.264 e. The van der Waals surface area contributed by atoms with Gasteiger partial charge in [0, 0.05) is 38.0 Å². The number of guanidine groups is 1. The number of nitrogens with zero attached hydrogens (tertiary/aromatic N) is 2. The van der Waals surface area contributed by atoms with Gasteiger partial charge >= 0.3 is 0 Å². The molecule has 30 nitrogen and oxygen atoms in total. The fourth-order valence-corrected chi connectivity index (χ4v) is 8.04. The Labute approximate surface area is 456 Å². The molecule has 0 saturated carbocycles. The Kier molecular flexibility index (Phi) is 34.9. The normalized spacial score (nSPS) is 16.1. The van der Waals surface area contributed by atoms with Gasteiger partial charge in [0.1, 0.15) is 41.9 Å². The van der Waals surface area contributed by atoms with Gasteiger partial charge in [0.15, 0.2) is 5.96 Å². The van der Waals surface area contributed by atoms with Crippen LogP contribution in [0.4, 0.5) is 0 Å². The SMILES string of the molecule is C=CN/C(=C\N)CC(NC(=O)[C@@H]1CCCN1C(=O)[C@@H](CCCN)NC(=O)CNC(=O)[C@H](CCCCNC)NC(=O)[C@H](NC(=O)C(N)CCCCN)C(O)CN)C(=O)N[C@@H](CCCCN)C(=O)N/C(=C\CCN=C(N)N)C(N)=O. The van der Waals surface area contributed by atoms with Crippen LogP contribution in [0.2, 0.25) is 0 Å². The van der Waals surface area contributed by atoms with Gasteiger partial charge < -0.3 is 109 Å². The molecule has 1 aliphatic rings. The molecule has 0 aliphatic carbocycles. The standard InChI is InChI=1S/C48H90N20O10/c1-3-59-29(26-52)25-35(44(75)64-33(14-5-8-20-50)43(74)63-31(40(55)71)17-11-23-60-48(56)57)66-45(76)36-18-12-24-68(36)47(78)34(16-10-21-51)62-38(70)28-61-42(73)32(15-6-9-22-58-2)65-46(77)39(37(69)27-53)67-41(72)30(54)13-4-7-19-49/h3,17,26,30,32-37,39,58-59,69H,1,4-16,18-25,27-28,49-54H2,2H3,(H2,55,71)(H,61,73)(H,62,70)(H,63,74)(H,64,75)(H,65,77)(H,66,76)(H,67,72)(H4,56,57,60)/b29-26-,31-17-/t30?,32-,33-,34+,35?,36-,37?,39+/m0/s1. The number of hydrogen-bond donors (Lipinski definition) is 19. The Morgan fingerprint density at radius 2 is 1.35 bits per heavy atom. The zero-order chi connectivity index (χ0) is 58.6. The predicted molar refractivity (Wildman–Crippen MR) is 293 cm³/mol. The molecule has 0 bridgehead atoms. The van der Waals surface area contributed by atoms with Crippen LogP contribution in [-0.2, 0) is 43.2 Å². The summed E-state index contributed by atoms with van der Waals surface area (Å²) in [6, 6.07) is -8.88. The maximum absolute atomic E-state index is 14.3. The monoisotopic (exact) mass is 1110 g/mol. The van der Waals surface area contributed by atoms with Crippen molar-refractivity contribution < 1.29 is 48.3 Å². The summed E-state index contributed by atoms with van der Waals surface area (Å²) in [7, 11) is 1.75. The van der Waals surface area contributed by atoms with Crippen molar-refractivity contribution >= 4 is 59.1 Å². The Bertz CT molecular complexity index is 2040.